The van der Waals surface area contributed by atoms with Gasteiger partial charge in [0, 0.05) is 12.1 Å². The molecule has 0 atom stereocenters. The van der Waals surface area contributed by atoms with E-state index in [0.717, 1.165) is 24.1 Å². The Labute approximate surface area is 116 Å². The molecule has 0 heterocycles. The Morgan fingerprint density at radius 2 is 1.95 bits per heavy atom. The van der Waals surface area contributed by atoms with Gasteiger partial charge in [-0.25, -0.2) is 0 Å². The average Bonchev–Trinajstić information content (AvgIpc) is 2.33. The van der Waals surface area contributed by atoms with Crippen molar-refractivity contribution in [1.82, 2.24) is 0 Å². The summed E-state index contributed by atoms with van der Waals surface area (Å²) in [6, 6.07) is 5.97. The Morgan fingerprint density at radius 1 is 1.26 bits per heavy atom. The highest BCUT2D eigenvalue weighted by Crippen LogP contribution is 2.26. The summed E-state index contributed by atoms with van der Waals surface area (Å²) in [5.74, 6) is 0.0822. The topological polar surface area (TPSA) is 55.1 Å². The Morgan fingerprint density at radius 3 is 2.58 bits per heavy atom. The van der Waals surface area contributed by atoms with E-state index in [1.54, 1.807) is 0 Å². The first kappa shape index (κ1) is 15.7. The van der Waals surface area contributed by atoms with Gasteiger partial charge >= 0.3 is 0 Å². The predicted octanol–water partition coefficient (Wildman–Crippen LogP) is 3.40. The lowest BCUT2D eigenvalue weighted by atomic mass is 9.84. The minimum absolute atomic E-state index is 0.0822. The van der Waals surface area contributed by atoms with Gasteiger partial charge in [-0.05, 0) is 55.8 Å². The van der Waals surface area contributed by atoms with E-state index in [0.29, 0.717) is 13.0 Å². The molecule has 0 fully saturated rings. The molecule has 0 saturated heterocycles. The number of benzene rings is 1. The SMILES string of the molecule is Cc1cccc(NC(=O)CCC(C)(C)CCN)c1C. The molecule has 0 aliphatic carbocycles. The third-order valence-corrected chi connectivity index (χ3v) is 3.73. The van der Waals surface area contributed by atoms with Gasteiger partial charge in [-0.1, -0.05) is 26.0 Å². The second-order valence-corrected chi connectivity index (χ2v) is 6.00. The van der Waals surface area contributed by atoms with Crippen LogP contribution in [0.3, 0.4) is 0 Å². The zero-order chi connectivity index (χ0) is 14.5. The maximum absolute atomic E-state index is 12.0. The van der Waals surface area contributed by atoms with Crippen LogP contribution in [0.4, 0.5) is 5.69 Å². The molecule has 3 heteroatoms. The summed E-state index contributed by atoms with van der Waals surface area (Å²) in [6.07, 6.45) is 2.35. The van der Waals surface area contributed by atoms with Gasteiger partial charge in [0.25, 0.3) is 0 Å². The van der Waals surface area contributed by atoms with Crippen molar-refractivity contribution in [3.63, 3.8) is 0 Å². The molecule has 19 heavy (non-hydrogen) atoms. The summed E-state index contributed by atoms with van der Waals surface area (Å²) in [4.78, 5) is 12.0. The number of nitrogens with two attached hydrogens (primary N) is 1. The number of amides is 1. The minimum atomic E-state index is 0.0822. The lowest BCUT2D eigenvalue weighted by Gasteiger charge is -2.23. The van der Waals surface area contributed by atoms with Crippen LogP contribution in [-0.2, 0) is 4.79 Å². The molecule has 0 unspecified atom stereocenters. The molecule has 0 bridgehead atoms. The lowest BCUT2D eigenvalue weighted by molar-refractivity contribution is -0.116. The molecule has 0 aliphatic heterocycles. The molecule has 3 N–H and O–H groups in total. The van der Waals surface area contributed by atoms with E-state index < -0.39 is 0 Å². The molecular weight excluding hydrogens is 236 g/mol. The smallest absolute Gasteiger partial charge is 0.224 e. The van der Waals surface area contributed by atoms with Gasteiger partial charge in [-0.2, -0.15) is 0 Å². The van der Waals surface area contributed by atoms with Gasteiger partial charge < -0.3 is 11.1 Å². The van der Waals surface area contributed by atoms with Crippen LogP contribution in [-0.4, -0.2) is 12.5 Å². The van der Waals surface area contributed by atoms with Gasteiger partial charge in [-0.15, -0.1) is 0 Å². The van der Waals surface area contributed by atoms with Crippen LogP contribution in [0.1, 0.15) is 44.2 Å². The van der Waals surface area contributed by atoms with Crippen molar-refractivity contribution in [3.05, 3.63) is 29.3 Å². The molecule has 106 valence electrons. The highest BCUT2D eigenvalue weighted by atomic mass is 16.1. The molecule has 0 aliphatic rings. The fraction of sp³-hybridized carbons (Fsp3) is 0.562. The molecule has 0 spiro atoms. The standard InChI is InChI=1S/C16H26N2O/c1-12-6-5-7-14(13(12)2)18-15(19)8-9-16(3,4)10-11-17/h5-7H,8-11,17H2,1-4H3,(H,18,19). The summed E-state index contributed by atoms with van der Waals surface area (Å²) >= 11 is 0. The highest BCUT2D eigenvalue weighted by Gasteiger charge is 2.18. The van der Waals surface area contributed by atoms with Gasteiger partial charge in [0.1, 0.15) is 0 Å². The first-order chi connectivity index (χ1) is 8.85. The molecule has 1 rings (SSSR count). The maximum atomic E-state index is 12.0. The van der Waals surface area contributed by atoms with Gasteiger partial charge in [0.2, 0.25) is 5.91 Å². The van der Waals surface area contributed by atoms with Crippen LogP contribution in [0.2, 0.25) is 0 Å². The van der Waals surface area contributed by atoms with E-state index >= 15 is 0 Å². The fourth-order valence-electron chi connectivity index (χ4n) is 2.07. The van der Waals surface area contributed by atoms with Crippen molar-refractivity contribution >= 4 is 11.6 Å². The predicted molar refractivity (Wildman–Crippen MR) is 81.2 cm³/mol. The van der Waals surface area contributed by atoms with Gasteiger partial charge in [-0.3, -0.25) is 4.79 Å². The number of anilines is 1. The van der Waals surface area contributed by atoms with Gasteiger partial charge in [0.15, 0.2) is 0 Å². The largest absolute Gasteiger partial charge is 0.330 e. The number of nitrogens with one attached hydrogen (secondary N) is 1. The van der Waals surface area contributed by atoms with Crippen LogP contribution in [0.25, 0.3) is 0 Å². The number of hydrogen-bond acceptors (Lipinski definition) is 2. The molecule has 1 aromatic rings. The number of hydrogen-bond donors (Lipinski definition) is 2. The van der Waals surface area contributed by atoms with Crippen molar-refractivity contribution in [3.8, 4) is 0 Å². The van der Waals surface area contributed by atoms with E-state index in [4.69, 9.17) is 5.73 Å². The molecule has 1 aromatic carbocycles. The molecule has 0 aromatic heterocycles. The lowest BCUT2D eigenvalue weighted by Crippen LogP contribution is -2.21. The van der Waals surface area contributed by atoms with E-state index in [2.05, 4.69) is 32.2 Å². The summed E-state index contributed by atoms with van der Waals surface area (Å²) in [6.45, 7) is 9.07. The van der Waals surface area contributed by atoms with Crippen molar-refractivity contribution in [2.45, 2.75) is 47.0 Å². The molecular formula is C16H26N2O. The third kappa shape index (κ3) is 5.03. The summed E-state index contributed by atoms with van der Waals surface area (Å²) in [5, 5.41) is 3.00. The van der Waals surface area contributed by atoms with E-state index in [-0.39, 0.29) is 11.3 Å². The molecule has 0 saturated carbocycles. The third-order valence-electron chi connectivity index (χ3n) is 3.73. The average molecular weight is 262 g/mol. The van der Waals surface area contributed by atoms with E-state index in [9.17, 15) is 4.79 Å². The van der Waals surface area contributed by atoms with Crippen LogP contribution >= 0.6 is 0 Å². The monoisotopic (exact) mass is 262 g/mol. The van der Waals surface area contributed by atoms with Crippen LogP contribution in [0.5, 0.6) is 0 Å². The van der Waals surface area contributed by atoms with Crippen molar-refractivity contribution < 1.29 is 4.79 Å². The maximum Gasteiger partial charge on any atom is 0.224 e. The summed E-state index contributed by atoms with van der Waals surface area (Å²) in [7, 11) is 0. The molecule has 3 nitrogen and oxygen atoms in total. The molecule has 0 radical (unpaired) electrons. The Hall–Kier alpha value is -1.35. The fourth-order valence-corrected chi connectivity index (χ4v) is 2.07. The zero-order valence-corrected chi connectivity index (χ0v) is 12.5. The highest BCUT2D eigenvalue weighted by molar-refractivity contribution is 5.91. The Balaban J connectivity index is 2.54. The number of carbonyl (C=O) groups is 1. The van der Waals surface area contributed by atoms with Crippen LogP contribution < -0.4 is 11.1 Å². The van der Waals surface area contributed by atoms with E-state index in [1.165, 1.54) is 5.56 Å². The molecule has 1 amide bonds. The van der Waals surface area contributed by atoms with Crippen molar-refractivity contribution in [2.75, 3.05) is 11.9 Å². The Kier molecular flexibility index (Phi) is 5.55. The Bertz CT molecular complexity index is 438. The van der Waals surface area contributed by atoms with Crippen LogP contribution in [0, 0.1) is 19.3 Å². The number of aryl methyl sites for hydroxylation is 1. The normalized spacial score (nSPS) is 11.4. The van der Waals surface area contributed by atoms with E-state index in [1.807, 2.05) is 19.1 Å². The second kappa shape index (κ2) is 6.71. The van der Waals surface area contributed by atoms with Crippen molar-refractivity contribution in [2.24, 2.45) is 11.1 Å². The summed E-state index contributed by atoms with van der Waals surface area (Å²) < 4.78 is 0. The second-order valence-electron chi connectivity index (χ2n) is 6.00. The minimum Gasteiger partial charge on any atom is -0.330 e. The van der Waals surface area contributed by atoms with Crippen molar-refractivity contribution in [1.29, 1.82) is 0 Å². The zero-order valence-electron chi connectivity index (χ0n) is 12.5. The number of rotatable bonds is 6. The number of carbonyl (C=O) groups excluding carboxylic acids is 1. The first-order valence-corrected chi connectivity index (χ1v) is 6.92. The van der Waals surface area contributed by atoms with Gasteiger partial charge in [0.05, 0.1) is 0 Å². The quantitative estimate of drug-likeness (QED) is 0.825. The van der Waals surface area contributed by atoms with Crippen LogP contribution in [0.15, 0.2) is 18.2 Å². The summed E-state index contributed by atoms with van der Waals surface area (Å²) in [5.41, 5.74) is 8.96. The first-order valence-electron chi connectivity index (χ1n) is 6.92.